The number of halogens is 1. The van der Waals surface area contributed by atoms with Crippen molar-refractivity contribution >= 4 is 43.6 Å². The van der Waals surface area contributed by atoms with Crippen LogP contribution in [0.3, 0.4) is 0 Å². The van der Waals surface area contributed by atoms with Crippen molar-refractivity contribution in [3.05, 3.63) is 53.6 Å². The van der Waals surface area contributed by atoms with E-state index in [4.69, 9.17) is 4.98 Å². The van der Waals surface area contributed by atoms with Crippen LogP contribution in [0.15, 0.2) is 37.0 Å². The van der Waals surface area contributed by atoms with Gasteiger partial charge >= 0.3 is 0 Å². The summed E-state index contributed by atoms with van der Waals surface area (Å²) in [5, 5.41) is 9.36. The molecule has 1 aliphatic heterocycles. The minimum atomic E-state index is -0.492. The molecule has 7 heteroatoms. The van der Waals surface area contributed by atoms with Gasteiger partial charge in [-0.05, 0) is 43.7 Å². The Balaban J connectivity index is 1.68. The van der Waals surface area contributed by atoms with Gasteiger partial charge in [0.2, 0.25) is 0 Å². The first-order valence-electron chi connectivity index (χ1n) is 9.52. The Labute approximate surface area is 171 Å². The molecule has 2 N–H and O–H groups in total. The minimum absolute atomic E-state index is 0.195. The normalized spacial score (nSPS) is 16.4. The maximum absolute atomic E-state index is 14.4. The van der Waals surface area contributed by atoms with Gasteiger partial charge in [0.25, 0.3) is 0 Å². The van der Waals surface area contributed by atoms with Crippen LogP contribution >= 0.6 is 11.3 Å². The van der Waals surface area contributed by atoms with Crippen LogP contribution in [0.5, 0.6) is 0 Å². The lowest BCUT2D eigenvalue weighted by Crippen LogP contribution is -2.29. The number of pyridine rings is 1. The quantitative estimate of drug-likeness (QED) is 0.492. The van der Waals surface area contributed by atoms with Gasteiger partial charge in [-0.3, -0.25) is 0 Å². The number of hydrogen-bond donors (Lipinski definition) is 2. The smallest absolute Gasteiger partial charge is 0.169 e. The van der Waals surface area contributed by atoms with Crippen LogP contribution in [0.25, 0.3) is 38.0 Å². The highest BCUT2D eigenvalue weighted by atomic mass is 32.1. The number of aromatic nitrogens is 3. The van der Waals surface area contributed by atoms with Crippen molar-refractivity contribution in [1.29, 1.82) is 0 Å². The van der Waals surface area contributed by atoms with Crippen LogP contribution in [-0.2, 0) is 6.54 Å². The average molecular weight is 406 g/mol. The van der Waals surface area contributed by atoms with Crippen molar-refractivity contribution in [1.82, 2.24) is 20.3 Å². The summed E-state index contributed by atoms with van der Waals surface area (Å²) in [6, 6.07) is 8.34. The van der Waals surface area contributed by atoms with Crippen LogP contribution in [-0.4, -0.2) is 27.5 Å². The van der Waals surface area contributed by atoms with Gasteiger partial charge in [0.1, 0.15) is 5.69 Å². The number of hydrogen-bond acceptors (Lipinski definition) is 6. The standard InChI is InChI=1S/C22H20FN5S/c1-11(2)22-26-9-14(23)20(28-22)16-5-4-13-15(27-16)6-7-17-19(13)21-18(29-17)10-24-12(3)8-25-21/h4-7,9,12,24-25H,1,8,10H2,2-3H3/t12-/m1/s1. The van der Waals surface area contributed by atoms with Crippen molar-refractivity contribution in [3.8, 4) is 11.4 Å². The van der Waals surface area contributed by atoms with Crippen LogP contribution in [0.2, 0.25) is 0 Å². The number of nitrogens with one attached hydrogen (secondary N) is 2. The molecule has 1 atom stereocenters. The summed E-state index contributed by atoms with van der Waals surface area (Å²) in [6.45, 7) is 9.54. The molecule has 5 rings (SSSR count). The van der Waals surface area contributed by atoms with Gasteiger partial charge in [-0.25, -0.2) is 19.3 Å². The Kier molecular flexibility index (Phi) is 4.29. The highest BCUT2D eigenvalue weighted by Gasteiger charge is 2.20. The fraction of sp³-hybridized carbons (Fsp3) is 0.227. The molecule has 0 bridgehead atoms. The zero-order valence-corrected chi connectivity index (χ0v) is 17.0. The van der Waals surface area contributed by atoms with Crippen molar-refractivity contribution in [2.45, 2.75) is 26.4 Å². The molecule has 4 aromatic rings. The molecule has 5 nitrogen and oxygen atoms in total. The molecule has 0 radical (unpaired) electrons. The third kappa shape index (κ3) is 3.07. The van der Waals surface area contributed by atoms with Crippen molar-refractivity contribution in [3.63, 3.8) is 0 Å². The molecule has 0 amide bonds. The summed E-state index contributed by atoms with van der Waals surface area (Å²) in [6.07, 6.45) is 1.18. The molecule has 0 saturated heterocycles. The minimum Gasteiger partial charge on any atom is -0.382 e. The molecular weight excluding hydrogens is 385 g/mol. The SMILES string of the molecule is C=C(C)c1ncc(F)c(-c2ccc3c(ccc4sc5c(c43)NC[C@@H](C)NC5)n2)n1. The number of allylic oxidation sites excluding steroid dienone is 1. The Morgan fingerprint density at radius 3 is 2.93 bits per heavy atom. The van der Waals surface area contributed by atoms with Gasteiger partial charge in [0, 0.05) is 39.5 Å². The highest BCUT2D eigenvalue weighted by Crippen LogP contribution is 2.41. The Bertz CT molecular complexity index is 1280. The lowest BCUT2D eigenvalue weighted by atomic mass is 10.1. The number of thiophene rings is 1. The number of fused-ring (bicyclic) bond motifs is 5. The van der Waals surface area contributed by atoms with Gasteiger partial charge in [-0.1, -0.05) is 6.58 Å². The van der Waals surface area contributed by atoms with Crippen molar-refractivity contribution in [2.75, 3.05) is 11.9 Å². The first kappa shape index (κ1) is 18.1. The third-order valence-corrected chi connectivity index (χ3v) is 6.31. The second-order valence-corrected chi connectivity index (χ2v) is 8.57. The van der Waals surface area contributed by atoms with E-state index in [1.807, 2.05) is 18.2 Å². The molecule has 29 heavy (non-hydrogen) atoms. The van der Waals surface area contributed by atoms with Gasteiger partial charge in [-0.15, -0.1) is 11.3 Å². The molecule has 0 unspecified atom stereocenters. The molecule has 0 saturated carbocycles. The number of rotatable bonds is 2. The molecular formula is C22H20FN5S. The summed E-state index contributed by atoms with van der Waals surface area (Å²) in [5.41, 5.74) is 3.37. The monoisotopic (exact) mass is 405 g/mol. The summed E-state index contributed by atoms with van der Waals surface area (Å²) >= 11 is 1.80. The van der Waals surface area contributed by atoms with E-state index < -0.39 is 5.82 Å². The second-order valence-electron chi connectivity index (χ2n) is 7.44. The van der Waals surface area contributed by atoms with E-state index in [9.17, 15) is 4.39 Å². The topological polar surface area (TPSA) is 62.7 Å². The lowest BCUT2D eigenvalue weighted by molar-refractivity contribution is 0.584. The lowest BCUT2D eigenvalue weighted by Gasteiger charge is -2.10. The molecule has 0 aliphatic carbocycles. The van der Waals surface area contributed by atoms with E-state index in [0.717, 1.165) is 24.0 Å². The van der Waals surface area contributed by atoms with E-state index >= 15 is 0 Å². The summed E-state index contributed by atoms with van der Waals surface area (Å²) in [5.74, 6) is -0.0678. The van der Waals surface area contributed by atoms with Crippen molar-refractivity contribution < 1.29 is 4.39 Å². The van der Waals surface area contributed by atoms with Crippen LogP contribution in [0.4, 0.5) is 10.1 Å². The third-order valence-electron chi connectivity index (χ3n) is 5.16. The number of anilines is 1. The molecule has 1 aromatic carbocycles. The average Bonchev–Trinajstić information content (AvgIpc) is 2.98. The van der Waals surface area contributed by atoms with E-state index in [2.05, 4.69) is 40.2 Å². The Morgan fingerprint density at radius 2 is 2.10 bits per heavy atom. The Morgan fingerprint density at radius 1 is 1.24 bits per heavy atom. The summed E-state index contributed by atoms with van der Waals surface area (Å²) in [4.78, 5) is 14.3. The molecule has 0 spiro atoms. The second kappa shape index (κ2) is 6.86. The van der Waals surface area contributed by atoms with Gasteiger partial charge < -0.3 is 10.6 Å². The van der Waals surface area contributed by atoms with E-state index in [1.54, 1.807) is 18.3 Å². The van der Waals surface area contributed by atoms with Crippen LogP contribution in [0.1, 0.15) is 24.5 Å². The van der Waals surface area contributed by atoms with Gasteiger partial charge in [0.15, 0.2) is 11.6 Å². The van der Waals surface area contributed by atoms with Crippen molar-refractivity contribution in [2.24, 2.45) is 0 Å². The maximum atomic E-state index is 14.4. The fourth-order valence-corrected chi connectivity index (χ4v) is 4.79. The molecule has 0 fully saturated rings. The molecule has 146 valence electrons. The number of nitrogens with zero attached hydrogens (tertiary/aromatic N) is 3. The molecule has 3 aromatic heterocycles. The zero-order chi connectivity index (χ0) is 20.1. The molecule has 1 aliphatic rings. The summed E-state index contributed by atoms with van der Waals surface area (Å²) < 4.78 is 15.6. The largest absolute Gasteiger partial charge is 0.382 e. The van der Waals surface area contributed by atoms with E-state index in [0.29, 0.717) is 23.1 Å². The van der Waals surface area contributed by atoms with Crippen LogP contribution in [0, 0.1) is 5.82 Å². The van der Waals surface area contributed by atoms with Crippen LogP contribution < -0.4 is 10.6 Å². The molecule has 4 heterocycles. The maximum Gasteiger partial charge on any atom is 0.169 e. The van der Waals surface area contributed by atoms with Gasteiger partial charge in [-0.2, -0.15) is 0 Å². The highest BCUT2D eigenvalue weighted by molar-refractivity contribution is 7.20. The van der Waals surface area contributed by atoms with E-state index in [-0.39, 0.29) is 5.69 Å². The van der Waals surface area contributed by atoms with E-state index in [1.165, 1.54) is 26.8 Å². The Hall–Kier alpha value is -2.90. The number of benzene rings is 1. The predicted octanol–water partition coefficient (Wildman–Crippen LogP) is 4.98. The summed E-state index contributed by atoms with van der Waals surface area (Å²) in [7, 11) is 0. The first-order valence-corrected chi connectivity index (χ1v) is 10.3. The first-order chi connectivity index (χ1) is 14.0. The zero-order valence-electron chi connectivity index (χ0n) is 16.2. The fourth-order valence-electron chi connectivity index (χ4n) is 3.64. The van der Waals surface area contributed by atoms with Gasteiger partial charge in [0.05, 0.1) is 23.1 Å². The predicted molar refractivity (Wildman–Crippen MR) is 118 cm³/mol.